The second-order valence-electron chi connectivity index (χ2n) is 6.22. The van der Waals surface area contributed by atoms with Crippen molar-refractivity contribution < 1.29 is 14.3 Å². The van der Waals surface area contributed by atoms with Crippen LogP contribution in [0.2, 0.25) is 0 Å². The first-order valence-corrected chi connectivity index (χ1v) is 9.33. The van der Waals surface area contributed by atoms with Crippen molar-refractivity contribution in [1.82, 2.24) is 0 Å². The fraction of sp³-hybridized carbons (Fsp3) is 0.227. The Morgan fingerprint density at radius 1 is 0.885 bits per heavy atom. The van der Waals surface area contributed by atoms with Gasteiger partial charge < -0.3 is 9.47 Å². The zero-order valence-corrected chi connectivity index (χ0v) is 16.5. The Labute approximate surface area is 162 Å². The molecule has 1 saturated carbocycles. The van der Waals surface area contributed by atoms with Crippen molar-refractivity contribution in [2.45, 2.75) is 19.3 Å². The monoisotopic (exact) mass is 412 g/mol. The van der Waals surface area contributed by atoms with Gasteiger partial charge in [0.25, 0.3) is 0 Å². The van der Waals surface area contributed by atoms with Gasteiger partial charge in [0.1, 0.15) is 11.5 Å². The highest BCUT2D eigenvalue weighted by atomic mass is 79.9. The lowest BCUT2D eigenvalue weighted by molar-refractivity contribution is -0.112. The molecule has 134 valence electrons. The predicted molar refractivity (Wildman–Crippen MR) is 109 cm³/mol. The van der Waals surface area contributed by atoms with Crippen LogP contribution in [0.5, 0.6) is 11.5 Å². The minimum Gasteiger partial charge on any atom is -0.497 e. The van der Waals surface area contributed by atoms with Crippen LogP contribution in [0.25, 0.3) is 12.2 Å². The second kappa shape index (κ2) is 8.37. The average Bonchev–Trinajstić information content (AvgIpc) is 2.64. The summed E-state index contributed by atoms with van der Waals surface area (Å²) >= 11 is 3.48. The van der Waals surface area contributed by atoms with E-state index in [0.717, 1.165) is 46.0 Å². The summed E-state index contributed by atoms with van der Waals surface area (Å²) < 4.78 is 11.6. The fourth-order valence-electron chi connectivity index (χ4n) is 3.09. The molecule has 0 spiro atoms. The molecule has 0 N–H and O–H groups in total. The molecule has 1 fully saturated rings. The van der Waals surface area contributed by atoms with Crippen LogP contribution in [-0.2, 0) is 4.79 Å². The van der Waals surface area contributed by atoms with Crippen molar-refractivity contribution in [3.05, 3.63) is 69.2 Å². The SMILES string of the molecule is COc1cc(C=C2CCCC(=Cc3cccc(Br)c3)C2=O)cc(OC)c1. The normalized spacial score (nSPS) is 17.6. The Kier molecular flexibility index (Phi) is 5.94. The van der Waals surface area contributed by atoms with Gasteiger partial charge in [-0.25, -0.2) is 0 Å². The Hall–Kier alpha value is -2.33. The highest BCUT2D eigenvalue weighted by Gasteiger charge is 2.20. The van der Waals surface area contributed by atoms with Crippen molar-refractivity contribution >= 4 is 33.9 Å². The largest absolute Gasteiger partial charge is 0.497 e. The molecule has 0 saturated heterocycles. The van der Waals surface area contributed by atoms with Gasteiger partial charge in [-0.1, -0.05) is 28.1 Å². The summed E-state index contributed by atoms with van der Waals surface area (Å²) in [5.41, 5.74) is 3.63. The molecule has 0 radical (unpaired) electrons. The number of benzene rings is 2. The molecule has 0 atom stereocenters. The molecule has 0 aromatic heterocycles. The van der Waals surface area contributed by atoms with E-state index in [4.69, 9.17) is 9.47 Å². The Balaban J connectivity index is 1.91. The van der Waals surface area contributed by atoms with E-state index in [1.165, 1.54) is 0 Å². The van der Waals surface area contributed by atoms with Gasteiger partial charge in [-0.15, -0.1) is 0 Å². The number of Topliss-reactive ketones (excluding diaryl/α,β-unsaturated/α-hetero) is 1. The Bertz CT molecular complexity index is 858. The Morgan fingerprint density at radius 3 is 2.08 bits per heavy atom. The molecule has 26 heavy (non-hydrogen) atoms. The highest BCUT2D eigenvalue weighted by molar-refractivity contribution is 9.10. The minimum atomic E-state index is 0.123. The first kappa shape index (κ1) is 18.5. The fourth-order valence-corrected chi connectivity index (χ4v) is 3.51. The van der Waals surface area contributed by atoms with Crippen LogP contribution in [0.3, 0.4) is 0 Å². The number of methoxy groups -OCH3 is 2. The average molecular weight is 413 g/mol. The zero-order chi connectivity index (χ0) is 18.5. The van der Waals surface area contributed by atoms with Crippen molar-refractivity contribution in [1.29, 1.82) is 0 Å². The van der Waals surface area contributed by atoms with Gasteiger partial charge in [0.15, 0.2) is 5.78 Å². The van der Waals surface area contributed by atoms with Gasteiger partial charge in [-0.05, 0) is 66.8 Å². The summed E-state index contributed by atoms with van der Waals surface area (Å²) in [4.78, 5) is 12.9. The molecular formula is C22H21BrO3. The first-order valence-electron chi connectivity index (χ1n) is 8.53. The summed E-state index contributed by atoms with van der Waals surface area (Å²) in [5, 5.41) is 0. The quantitative estimate of drug-likeness (QED) is 0.605. The smallest absolute Gasteiger partial charge is 0.185 e. The molecule has 2 aromatic rings. The maximum absolute atomic E-state index is 12.9. The maximum atomic E-state index is 12.9. The predicted octanol–water partition coefficient (Wildman–Crippen LogP) is 5.69. The molecule has 3 rings (SSSR count). The van der Waals surface area contributed by atoms with Crippen molar-refractivity contribution in [3.63, 3.8) is 0 Å². The number of ether oxygens (including phenoxy) is 2. The number of allylic oxidation sites excluding steroid dienone is 2. The molecule has 1 aliphatic rings. The van der Waals surface area contributed by atoms with Crippen LogP contribution < -0.4 is 9.47 Å². The molecule has 0 amide bonds. The standard InChI is InChI=1S/C22H21BrO3/c1-25-20-12-16(13-21(14-20)26-2)10-18-7-4-6-17(22(18)24)9-15-5-3-8-19(23)11-15/h3,5,8-14H,4,6-7H2,1-2H3. The van der Waals surface area contributed by atoms with Gasteiger partial charge >= 0.3 is 0 Å². The minimum absolute atomic E-state index is 0.123. The number of ketones is 1. The lowest BCUT2D eigenvalue weighted by Gasteiger charge is -2.17. The second-order valence-corrected chi connectivity index (χ2v) is 7.14. The summed E-state index contributed by atoms with van der Waals surface area (Å²) in [5.74, 6) is 1.55. The van der Waals surface area contributed by atoms with E-state index in [1.807, 2.05) is 54.6 Å². The third-order valence-corrected chi connectivity index (χ3v) is 4.87. The number of halogens is 1. The number of carbonyl (C=O) groups is 1. The van der Waals surface area contributed by atoms with Gasteiger partial charge in [0.2, 0.25) is 0 Å². The third kappa shape index (κ3) is 4.44. The van der Waals surface area contributed by atoms with E-state index in [9.17, 15) is 4.79 Å². The van der Waals surface area contributed by atoms with Gasteiger partial charge in [0, 0.05) is 21.7 Å². The maximum Gasteiger partial charge on any atom is 0.185 e. The highest BCUT2D eigenvalue weighted by Crippen LogP contribution is 2.30. The lowest BCUT2D eigenvalue weighted by Crippen LogP contribution is -2.12. The number of hydrogen-bond acceptors (Lipinski definition) is 3. The molecule has 1 aliphatic carbocycles. The van der Waals surface area contributed by atoms with E-state index in [2.05, 4.69) is 15.9 Å². The van der Waals surface area contributed by atoms with Crippen molar-refractivity contribution in [3.8, 4) is 11.5 Å². The van der Waals surface area contributed by atoms with Crippen LogP contribution >= 0.6 is 15.9 Å². The van der Waals surface area contributed by atoms with E-state index in [-0.39, 0.29) is 5.78 Å². The van der Waals surface area contributed by atoms with Gasteiger partial charge in [0.05, 0.1) is 14.2 Å². The van der Waals surface area contributed by atoms with E-state index in [1.54, 1.807) is 14.2 Å². The number of hydrogen-bond donors (Lipinski definition) is 0. The molecule has 0 unspecified atom stereocenters. The molecule has 0 aliphatic heterocycles. The van der Waals surface area contributed by atoms with Crippen LogP contribution in [0.15, 0.2) is 58.1 Å². The molecule has 0 heterocycles. The summed E-state index contributed by atoms with van der Waals surface area (Å²) in [6.45, 7) is 0. The van der Waals surface area contributed by atoms with Gasteiger partial charge in [-0.2, -0.15) is 0 Å². The third-order valence-electron chi connectivity index (χ3n) is 4.38. The first-order chi connectivity index (χ1) is 12.6. The molecule has 0 bridgehead atoms. The summed E-state index contributed by atoms with van der Waals surface area (Å²) in [6, 6.07) is 13.6. The number of rotatable bonds is 4. The summed E-state index contributed by atoms with van der Waals surface area (Å²) in [6.07, 6.45) is 6.50. The summed E-state index contributed by atoms with van der Waals surface area (Å²) in [7, 11) is 3.24. The van der Waals surface area contributed by atoms with Crippen LogP contribution in [0.1, 0.15) is 30.4 Å². The van der Waals surface area contributed by atoms with E-state index in [0.29, 0.717) is 11.5 Å². The molecule has 2 aromatic carbocycles. The molecule has 3 nitrogen and oxygen atoms in total. The molecule has 4 heteroatoms. The van der Waals surface area contributed by atoms with E-state index >= 15 is 0 Å². The van der Waals surface area contributed by atoms with E-state index < -0.39 is 0 Å². The van der Waals surface area contributed by atoms with Crippen LogP contribution in [0, 0.1) is 0 Å². The molecular weight excluding hydrogens is 392 g/mol. The Morgan fingerprint density at radius 2 is 1.50 bits per heavy atom. The van der Waals surface area contributed by atoms with Crippen LogP contribution in [-0.4, -0.2) is 20.0 Å². The lowest BCUT2D eigenvalue weighted by atomic mass is 9.87. The van der Waals surface area contributed by atoms with Crippen molar-refractivity contribution in [2.75, 3.05) is 14.2 Å². The van der Waals surface area contributed by atoms with Gasteiger partial charge in [-0.3, -0.25) is 4.79 Å². The van der Waals surface area contributed by atoms with Crippen LogP contribution in [0.4, 0.5) is 0 Å². The topological polar surface area (TPSA) is 35.5 Å². The zero-order valence-electron chi connectivity index (χ0n) is 14.9. The van der Waals surface area contributed by atoms with Crippen molar-refractivity contribution in [2.24, 2.45) is 0 Å². The number of carbonyl (C=O) groups excluding carboxylic acids is 1.